The number of anilines is 1. The Morgan fingerprint density at radius 1 is 1.16 bits per heavy atom. The van der Waals surface area contributed by atoms with E-state index in [-0.39, 0.29) is 22.9 Å². The van der Waals surface area contributed by atoms with Gasteiger partial charge in [0.2, 0.25) is 0 Å². The SMILES string of the molecule is COc1ccc(CNC(=O)C(=O)Nc2cc([N+](=O)[O-])ccc2Cl)cc1. The molecule has 0 spiro atoms. The standard InChI is InChI=1S/C16H14ClN3O5/c1-25-12-5-2-10(3-6-12)9-18-15(21)16(22)19-14-8-11(20(23)24)4-7-13(14)17/h2-8H,9H2,1H3,(H,18,21)(H,19,22). The van der Waals surface area contributed by atoms with E-state index in [1.807, 2.05) is 0 Å². The van der Waals surface area contributed by atoms with Crippen LogP contribution in [0.2, 0.25) is 5.02 Å². The van der Waals surface area contributed by atoms with Gasteiger partial charge in [-0.3, -0.25) is 19.7 Å². The monoisotopic (exact) mass is 363 g/mol. The van der Waals surface area contributed by atoms with Gasteiger partial charge in [-0.05, 0) is 23.8 Å². The predicted molar refractivity (Wildman–Crippen MR) is 91.6 cm³/mol. The van der Waals surface area contributed by atoms with Crippen molar-refractivity contribution in [2.45, 2.75) is 6.54 Å². The van der Waals surface area contributed by atoms with Crippen molar-refractivity contribution >= 4 is 34.8 Å². The Bertz CT molecular complexity index is 808. The zero-order valence-electron chi connectivity index (χ0n) is 13.1. The molecule has 2 N–H and O–H groups in total. The van der Waals surface area contributed by atoms with E-state index >= 15 is 0 Å². The van der Waals surface area contributed by atoms with Gasteiger partial charge in [0.25, 0.3) is 5.69 Å². The number of nitro benzene ring substituents is 1. The van der Waals surface area contributed by atoms with Crippen LogP contribution in [0.25, 0.3) is 0 Å². The second-order valence-electron chi connectivity index (χ2n) is 4.91. The number of amides is 2. The molecule has 25 heavy (non-hydrogen) atoms. The quantitative estimate of drug-likeness (QED) is 0.481. The van der Waals surface area contributed by atoms with Gasteiger partial charge in [0.1, 0.15) is 5.75 Å². The summed E-state index contributed by atoms with van der Waals surface area (Å²) in [5.74, 6) is -1.19. The number of carbonyl (C=O) groups is 2. The van der Waals surface area contributed by atoms with Gasteiger partial charge in [-0.2, -0.15) is 0 Å². The molecule has 0 radical (unpaired) electrons. The van der Waals surface area contributed by atoms with Crippen molar-refractivity contribution in [3.8, 4) is 5.75 Å². The van der Waals surface area contributed by atoms with Gasteiger partial charge in [0.15, 0.2) is 0 Å². The number of non-ortho nitro benzene ring substituents is 1. The lowest BCUT2D eigenvalue weighted by atomic mass is 10.2. The molecular formula is C16H14ClN3O5. The molecule has 0 fully saturated rings. The average Bonchev–Trinajstić information content (AvgIpc) is 2.61. The van der Waals surface area contributed by atoms with E-state index in [1.54, 1.807) is 31.4 Å². The maximum atomic E-state index is 11.9. The largest absolute Gasteiger partial charge is 0.497 e. The summed E-state index contributed by atoms with van der Waals surface area (Å²) in [7, 11) is 1.54. The number of benzene rings is 2. The molecule has 0 aliphatic rings. The van der Waals surface area contributed by atoms with Crippen LogP contribution < -0.4 is 15.4 Å². The Morgan fingerprint density at radius 2 is 1.84 bits per heavy atom. The molecule has 0 aliphatic heterocycles. The molecule has 0 aromatic heterocycles. The lowest BCUT2D eigenvalue weighted by molar-refractivity contribution is -0.384. The van der Waals surface area contributed by atoms with Crippen molar-refractivity contribution in [3.05, 3.63) is 63.2 Å². The summed E-state index contributed by atoms with van der Waals surface area (Å²) < 4.78 is 5.03. The third kappa shape index (κ3) is 4.92. The van der Waals surface area contributed by atoms with E-state index in [9.17, 15) is 19.7 Å². The Kier molecular flexibility index (Phi) is 5.91. The Labute approximate surface area is 147 Å². The maximum Gasteiger partial charge on any atom is 0.313 e. The van der Waals surface area contributed by atoms with Gasteiger partial charge < -0.3 is 15.4 Å². The minimum atomic E-state index is -0.976. The summed E-state index contributed by atoms with van der Waals surface area (Å²) in [5.41, 5.74) is 0.508. The topological polar surface area (TPSA) is 111 Å². The second-order valence-corrected chi connectivity index (χ2v) is 5.31. The summed E-state index contributed by atoms with van der Waals surface area (Å²) in [6, 6.07) is 10.5. The normalized spacial score (nSPS) is 10.0. The highest BCUT2D eigenvalue weighted by molar-refractivity contribution is 6.41. The molecular weight excluding hydrogens is 350 g/mol. The molecule has 2 rings (SSSR count). The Balaban J connectivity index is 1.97. The van der Waals surface area contributed by atoms with E-state index < -0.39 is 16.7 Å². The van der Waals surface area contributed by atoms with Crippen LogP contribution in [0.5, 0.6) is 5.75 Å². The third-order valence-electron chi connectivity index (χ3n) is 3.23. The second kappa shape index (κ2) is 8.11. The lowest BCUT2D eigenvalue weighted by Gasteiger charge is -2.08. The number of carbonyl (C=O) groups excluding carboxylic acids is 2. The molecule has 2 aromatic carbocycles. The molecule has 0 aliphatic carbocycles. The molecule has 0 bridgehead atoms. The van der Waals surface area contributed by atoms with Crippen LogP contribution in [0.15, 0.2) is 42.5 Å². The van der Waals surface area contributed by atoms with E-state index in [2.05, 4.69) is 10.6 Å². The van der Waals surface area contributed by atoms with Crippen molar-refractivity contribution in [1.29, 1.82) is 0 Å². The van der Waals surface area contributed by atoms with Crippen LogP contribution in [0, 0.1) is 10.1 Å². The molecule has 0 unspecified atom stereocenters. The fraction of sp³-hybridized carbons (Fsp3) is 0.125. The number of methoxy groups -OCH3 is 1. The molecule has 9 heteroatoms. The van der Waals surface area contributed by atoms with Crippen molar-refractivity contribution in [1.82, 2.24) is 5.32 Å². The minimum absolute atomic E-state index is 0.0135. The molecule has 130 valence electrons. The summed E-state index contributed by atoms with van der Waals surface area (Å²) >= 11 is 5.87. The van der Waals surface area contributed by atoms with Crippen LogP contribution in [0.1, 0.15) is 5.56 Å². The maximum absolute atomic E-state index is 11.9. The third-order valence-corrected chi connectivity index (χ3v) is 3.56. The van der Waals surface area contributed by atoms with Gasteiger partial charge in [0.05, 0.1) is 22.7 Å². The van der Waals surface area contributed by atoms with Crippen LogP contribution >= 0.6 is 11.6 Å². The zero-order chi connectivity index (χ0) is 18.4. The molecule has 0 saturated heterocycles. The molecule has 0 atom stereocenters. The first-order valence-corrected chi connectivity index (χ1v) is 7.44. The number of nitro groups is 1. The highest BCUT2D eigenvalue weighted by Crippen LogP contribution is 2.26. The number of hydrogen-bond acceptors (Lipinski definition) is 5. The summed E-state index contributed by atoms with van der Waals surface area (Å²) in [4.78, 5) is 33.9. The van der Waals surface area contributed by atoms with E-state index in [1.165, 1.54) is 12.1 Å². The van der Waals surface area contributed by atoms with Crippen LogP contribution in [-0.4, -0.2) is 23.8 Å². The average molecular weight is 364 g/mol. The van der Waals surface area contributed by atoms with E-state index in [0.29, 0.717) is 5.75 Å². The van der Waals surface area contributed by atoms with Gasteiger partial charge in [0, 0.05) is 18.7 Å². The smallest absolute Gasteiger partial charge is 0.313 e. The predicted octanol–water partition coefficient (Wildman–Crippen LogP) is 2.51. The molecule has 2 aromatic rings. The van der Waals surface area contributed by atoms with Crippen LogP contribution in [-0.2, 0) is 16.1 Å². The van der Waals surface area contributed by atoms with E-state index in [4.69, 9.17) is 16.3 Å². The summed E-state index contributed by atoms with van der Waals surface area (Å²) in [6.07, 6.45) is 0. The molecule has 8 nitrogen and oxygen atoms in total. The van der Waals surface area contributed by atoms with Gasteiger partial charge in [-0.15, -0.1) is 0 Å². The number of halogens is 1. The molecule has 0 saturated carbocycles. The highest BCUT2D eigenvalue weighted by atomic mass is 35.5. The van der Waals surface area contributed by atoms with E-state index in [0.717, 1.165) is 11.6 Å². The number of nitrogens with one attached hydrogen (secondary N) is 2. The van der Waals surface area contributed by atoms with Crippen molar-refractivity contribution < 1.29 is 19.2 Å². The summed E-state index contributed by atoms with van der Waals surface area (Å²) in [5, 5.41) is 15.5. The van der Waals surface area contributed by atoms with Crippen molar-refractivity contribution in [2.75, 3.05) is 12.4 Å². The van der Waals surface area contributed by atoms with Gasteiger partial charge >= 0.3 is 11.8 Å². The Morgan fingerprint density at radius 3 is 2.44 bits per heavy atom. The number of rotatable bonds is 5. The van der Waals surface area contributed by atoms with Crippen LogP contribution in [0.3, 0.4) is 0 Å². The molecule has 0 heterocycles. The van der Waals surface area contributed by atoms with Gasteiger partial charge in [-0.1, -0.05) is 23.7 Å². The number of ether oxygens (including phenoxy) is 1. The van der Waals surface area contributed by atoms with Crippen molar-refractivity contribution in [2.24, 2.45) is 0 Å². The highest BCUT2D eigenvalue weighted by Gasteiger charge is 2.17. The van der Waals surface area contributed by atoms with Crippen molar-refractivity contribution in [3.63, 3.8) is 0 Å². The van der Waals surface area contributed by atoms with Crippen LogP contribution in [0.4, 0.5) is 11.4 Å². The first kappa shape index (κ1) is 18.2. The van der Waals surface area contributed by atoms with Gasteiger partial charge in [-0.25, -0.2) is 0 Å². The zero-order valence-corrected chi connectivity index (χ0v) is 13.9. The Hall–Kier alpha value is -3.13. The first-order chi connectivity index (χ1) is 11.9. The fourth-order valence-corrected chi connectivity index (χ4v) is 2.07. The molecule has 2 amide bonds. The first-order valence-electron chi connectivity index (χ1n) is 7.06. The minimum Gasteiger partial charge on any atom is -0.497 e. The summed E-state index contributed by atoms with van der Waals surface area (Å²) in [6.45, 7) is 0.138. The fourth-order valence-electron chi connectivity index (χ4n) is 1.91. The lowest BCUT2D eigenvalue weighted by Crippen LogP contribution is -2.35. The number of hydrogen-bond donors (Lipinski definition) is 2. The number of nitrogens with zero attached hydrogens (tertiary/aromatic N) is 1.